The Bertz CT molecular complexity index is 658. The van der Waals surface area contributed by atoms with E-state index in [1.54, 1.807) is 27.3 Å². The van der Waals surface area contributed by atoms with Crippen LogP contribution in [0.1, 0.15) is 37.8 Å². The molecular weight excluding hydrogens is 416 g/mol. The summed E-state index contributed by atoms with van der Waals surface area (Å²) in [5.74, 6) is 0.419. The van der Waals surface area contributed by atoms with Crippen LogP contribution in [-0.2, 0) is 12.7 Å². The molecule has 1 aromatic carbocycles. The second-order valence-corrected chi connectivity index (χ2v) is 7.14. The van der Waals surface area contributed by atoms with Crippen molar-refractivity contribution in [2.75, 3.05) is 0 Å². The Morgan fingerprint density at radius 2 is 1.74 bits per heavy atom. The van der Waals surface area contributed by atoms with Gasteiger partial charge in [-0.3, -0.25) is 4.68 Å². The van der Waals surface area contributed by atoms with Gasteiger partial charge < -0.3 is 0 Å². The summed E-state index contributed by atoms with van der Waals surface area (Å²) in [4.78, 5) is 0. The smallest absolute Gasteiger partial charge is 0.263 e. The van der Waals surface area contributed by atoms with E-state index in [1.807, 2.05) is 30.3 Å². The van der Waals surface area contributed by atoms with E-state index in [0.717, 1.165) is 31.2 Å². The Morgan fingerprint density at radius 1 is 1.09 bits per heavy atom. The lowest BCUT2D eigenvalue weighted by molar-refractivity contribution is -0.142. The van der Waals surface area contributed by atoms with Crippen molar-refractivity contribution in [3.63, 3.8) is 0 Å². The summed E-state index contributed by atoms with van der Waals surface area (Å²) in [6.07, 6.45) is 1.29. The van der Waals surface area contributed by atoms with Gasteiger partial charge in [0, 0.05) is 12.1 Å². The third kappa shape index (κ3) is 3.72. The van der Waals surface area contributed by atoms with Crippen LogP contribution < -0.4 is 0 Å². The van der Waals surface area contributed by atoms with Crippen molar-refractivity contribution < 1.29 is 13.2 Å². The average Bonchev–Trinajstić information content (AvgIpc) is 2.86. The van der Waals surface area contributed by atoms with Crippen LogP contribution >= 0.6 is 22.6 Å². The molecule has 1 aliphatic rings. The van der Waals surface area contributed by atoms with Gasteiger partial charge in [0.2, 0.25) is 0 Å². The zero-order valence-corrected chi connectivity index (χ0v) is 14.8. The van der Waals surface area contributed by atoms with E-state index < -0.39 is 11.9 Å². The van der Waals surface area contributed by atoms with Gasteiger partial charge in [-0.2, -0.15) is 18.3 Å². The molecule has 0 radical (unpaired) electrons. The zero-order chi connectivity index (χ0) is 16.4. The van der Waals surface area contributed by atoms with Crippen molar-refractivity contribution in [3.8, 4) is 11.3 Å². The first-order valence-corrected chi connectivity index (χ1v) is 8.93. The van der Waals surface area contributed by atoms with Crippen LogP contribution in [0.25, 0.3) is 11.3 Å². The molecule has 1 aliphatic carbocycles. The number of hydrogen-bond acceptors (Lipinski definition) is 1. The Kier molecular flexibility index (Phi) is 4.98. The second-order valence-electron chi connectivity index (χ2n) is 6.06. The fourth-order valence-electron chi connectivity index (χ4n) is 3.24. The first kappa shape index (κ1) is 16.8. The molecule has 124 valence electrons. The number of nitrogens with zero attached hydrogens (tertiary/aromatic N) is 2. The maximum Gasteiger partial charge on any atom is 0.436 e. The lowest BCUT2D eigenvalue weighted by atomic mass is 9.89. The van der Waals surface area contributed by atoms with Crippen molar-refractivity contribution in [2.24, 2.45) is 5.92 Å². The van der Waals surface area contributed by atoms with Crippen LogP contribution in [-0.4, -0.2) is 9.78 Å². The summed E-state index contributed by atoms with van der Waals surface area (Å²) >= 11 is 1.78. The van der Waals surface area contributed by atoms with E-state index in [4.69, 9.17) is 0 Å². The topological polar surface area (TPSA) is 17.8 Å². The molecule has 1 heterocycles. The molecule has 0 unspecified atom stereocenters. The monoisotopic (exact) mass is 434 g/mol. The molecule has 0 aliphatic heterocycles. The molecule has 0 atom stereocenters. The molecule has 0 amide bonds. The highest BCUT2D eigenvalue weighted by Gasteiger charge is 2.39. The molecule has 2 nitrogen and oxygen atoms in total. The van der Waals surface area contributed by atoms with Gasteiger partial charge in [-0.15, -0.1) is 0 Å². The van der Waals surface area contributed by atoms with E-state index >= 15 is 0 Å². The Morgan fingerprint density at radius 3 is 2.35 bits per heavy atom. The second kappa shape index (κ2) is 6.83. The maximum absolute atomic E-state index is 13.3. The SMILES string of the molecule is FC(F)(F)c1nn(CC2CCCCC2)c(-c2ccccc2)c1I. The number of rotatable bonds is 3. The lowest BCUT2D eigenvalue weighted by Gasteiger charge is -2.22. The number of alkyl halides is 3. The van der Waals surface area contributed by atoms with Crippen LogP contribution in [0.5, 0.6) is 0 Å². The zero-order valence-electron chi connectivity index (χ0n) is 12.6. The van der Waals surface area contributed by atoms with Gasteiger partial charge in [0.25, 0.3) is 0 Å². The third-order valence-corrected chi connectivity index (χ3v) is 5.39. The summed E-state index contributed by atoms with van der Waals surface area (Å²) in [5.41, 5.74) is 0.604. The fourth-order valence-corrected chi connectivity index (χ4v) is 4.24. The lowest BCUT2D eigenvalue weighted by Crippen LogP contribution is -2.16. The summed E-state index contributed by atoms with van der Waals surface area (Å²) in [5, 5.41) is 3.94. The van der Waals surface area contributed by atoms with Crippen molar-refractivity contribution in [2.45, 2.75) is 44.8 Å². The van der Waals surface area contributed by atoms with Crippen molar-refractivity contribution >= 4 is 22.6 Å². The Balaban J connectivity index is 2.02. The molecule has 2 aromatic rings. The van der Waals surface area contributed by atoms with Crippen LogP contribution in [0.3, 0.4) is 0 Å². The first-order chi connectivity index (χ1) is 11.0. The number of halogens is 4. The number of benzene rings is 1. The summed E-state index contributed by atoms with van der Waals surface area (Å²) in [6.45, 7) is 0.566. The highest BCUT2D eigenvalue weighted by Crippen LogP contribution is 2.38. The third-order valence-electron chi connectivity index (χ3n) is 4.37. The summed E-state index contributed by atoms with van der Waals surface area (Å²) < 4.78 is 41.5. The number of aromatic nitrogens is 2. The predicted octanol–water partition coefficient (Wildman–Crippen LogP) is 5.75. The van der Waals surface area contributed by atoms with Crippen LogP contribution in [0.4, 0.5) is 13.2 Å². The van der Waals surface area contributed by atoms with Crippen LogP contribution in [0.15, 0.2) is 30.3 Å². The van der Waals surface area contributed by atoms with E-state index in [0.29, 0.717) is 18.2 Å². The van der Waals surface area contributed by atoms with Crippen LogP contribution in [0, 0.1) is 9.49 Å². The van der Waals surface area contributed by atoms with Gasteiger partial charge in [0.1, 0.15) is 0 Å². The minimum Gasteiger partial charge on any atom is -0.263 e. The largest absolute Gasteiger partial charge is 0.436 e. The van der Waals surface area contributed by atoms with Crippen molar-refractivity contribution in [1.29, 1.82) is 0 Å². The highest BCUT2D eigenvalue weighted by molar-refractivity contribution is 14.1. The molecule has 3 rings (SSSR count). The molecule has 23 heavy (non-hydrogen) atoms. The van der Waals surface area contributed by atoms with Gasteiger partial charge in [-0.05, 0) is 41.4 Å². The van der Waals surface area contributed by atoms with Gasteiger partial charge >= 0.3 is 6.18 Å². The minimum absolute atomic E-state index is 0.192. The standard InChI is InChI=1S/C17H18F3IN2/c18-17(19,20)16-14(21)15(13-9-5-2-6-10-13)23(22-16)11-12-7-3-1-4-8-12/h2,5-6,9-10,12H,1,3-4,7-8,11H2. The predicted molar refractivity (Wildman–Crippen MR) is 92.0 cm³/mol. The molecular formula is C17H18F3IN2. The van der Waals surface area contributed by atoms with Gasteiger partial charge in [0.15, 0.2) is 5.69 Å². The number of hydrogen-bond donors (Lipinski definition) is 0. The average molecular weight is 434 g/mol. The van der Waals surface area contributed by atoms with E-state index in [9.17, 15) is 13.2 Å². The molecule has 0 spiro atoms. The maximum atomic E-state index is 13.3. The Hall–Kier alpha value is -1.05. The van der Waals surface area contributed by atoms with Crippen molar-refractivity contribution in [1.82, 2.24) is 9.78 Å². The van der Waals surface area contributed by atoms with E-state index in [2.05, 4.69) is 5.10 Å². The molecule has 1 saturated carbocycles. The van der Waals surface area contributed by atoms with Gasteiger partial charge in [0.05, 0.1) is 9.26 Å². The quantitative estimate of drug-likeness (QED) is 0.563. The molecule has 0 bridgehead atoms. The Labute approximate surface area is 147 Å². The fraction of sp³-hybridized carbons (Fsp3) is 0.471. The summed E-state index contributed by atoms with van der Waals surface area (Å²) in [7, 11) is 0. The van der Waals surface area contributed by atoms with E-state index in [1.165, 1.54) is 6.42 Å². The first-order valence-electron chi connectivity index (χ1n) is 7.85. The van der Waals surface area contributed by atoms with Gasteiger partial charge in [-0.25, -0.2) is 0 Å². The molecule has 1 aromatic heterocycles. The molecule has 0 saturated heterocycles. The van der Waals surface area contributed by atoms with Gasteiger partial charge in [-0.1, -0.05) is 49.6 Å². The van der Waals surface area contributed by atoms with Crippen LogP contribution in [0.2, 0.25) is 0 Å². The molecule has 0 N–H and O–H groups in total. The highest BCUT2D eigenvalue weighted by atomic mass is 127. The van der Waals surface area contributed by atoms with Crippen molar-refractivity contribution in [3.05, 3.63) is 39.6 Å². The van der Waals surface area contributed by atoms with E-state index in [-0.39, 0.29) is 3.57 Å². The molecule has 1 fully saturated rings. The normalized spacial score (nSPS) is 16.7. The molecule has 6 heteroatoms. The summed E-state index contributed by atoms with van der Waals surface area (Å²) in [6, 6.07) is 9.24. The minimum atomic E-state index is -4.42.